The van der Waals surface area contributed by atoms with Crippen LogP contribution in [0.4, 0.5) is 0 Å². The third-order valence-corrected chi connectivity index (χ3v) is 6.65. The molecule has 4 atom stereocenters. The van der Waals surface area contributed by atoms with Crippen molar-refractivity contribution in [3.63, 3.8) is 0 Å². The van der Waals surface area contributed by atoms with Gasteiger partial charge in [-0.3, -0.25) is 24.5 Å². The summed E-state index contributed by atoms with van der Waals surface area (Å²) in [5.74, 6) is -1.47. The van der Waals surface area contributed by atoms with Gasteiger partial charge in [0, 0.05) is 13.2 Å². The van der Waals surface area contributed by atoms with Crippen LogP contribution >= 0.6 is 15.9 Å². The lowest BCUT2D eigenvalue weighted by Gasteiger charge is -2.21. The first-order valence-electron chi connectivity index (χ1n) is 8.00. The number of carbonyl (C=O) groups excluding carboxylic acids is 3. The van der Waals surface area contributed by atoms with Gasteiger partial charge in [0.25, 0.3) is 17.7 Å². The quantitative estimate of drug-likeness (QED) is 0.603. The Hall–Kier alpha value is -1.96. The standard InChI is InChI=1S/C16H15BrN4O3/c1-20-6-9(17)12(18-20)13(22)19-21-14(23)10-7-2-3-8(11(10)15(21)24)16(7)4-5-16/h2-3,6-8,10-11H,4-5H2,1H3,(H,19,22)/t7-,8-,10-,11-/m1/s1. The molecule has 1 aliphatic heterocycles. The van der Waals surface area contributed by atoms with Crippen LogP contribution in [0.25, 0.3) is 0 Å². The first kappa shape index (κ1) is 14.4. The number of aryl methyl sites for hydroxylation is 1. The Balaban J connectivity index is 1.42. The molecule has 3 amide bonds. The highest BCUT2D eigenvalue weighted by atomic mass is 79.9. The first-order chi connectivity index (χ1) is 11.4. The number of allylic oxidation sites excluding steroid dienone is 2. The second kappa shape index (κ2) is 4.36. The minimum Gasteiger partial charge on any atom is -0.274 e. The highest BCUT2D eigenvalue weighted by molar-refractivity contribution is 9.10. The molecule has 1 spiro atoms. The molecule has 0 radical (unpaired) electrons. The molecule has 2 bridgehead atoms. The van der Waals surface area contributed by atoms with E-state index in [4.69, 9.17) is 0 Å². The van der Waals surface area contributed by atoms with Crippen LogP contribution in [0.5, 0.6) is 0 Å². The summed E-state index contributed by atoms with van der Waals surface area (Å²) in [5.41, 5.74) is 2.76. The van der Waals surface area contributed by atoms with Gasteiger partial charge in [0.1, 0.15) is 0 Å². The molecule has 1 saturated heterocycles. The molecule has 3 fully saturated rings. The van der Waals surface area contributed by atoms with E-state index in [0.717, 1.165) is 17.9 Å². The van der Waals surface area contributed by atoms with E-state index in [9.17, 15) is 14.4 Å². The molecule has 8 heteroatoms. The van der Waals surface area contributed by atoms with E-state index in [1.54, 1.807) is 13.2 Å². The Bertz CT molecular complexity index is 806. The van der Waals surface area contributed by atoms with Gasteiger partial charge in [0.2, 0.25) is 0 Å². The number of hydrazine groups is 1. The Morgan fingerprint density at radius 1 is 1.25 bits per heavy atom. The molecule has 1 aromatic rings. The van der Waals surface area contributed by atoms with Crippen molar-refractivity contribution in [2.45, 2.75) is 12.8 Å². The molecule has 4 aliphatic rings. The number of hydrogen-bond donors (Lipinski definition) is 1. The summed E-state index contributed by atoms with van der Waals surface area (Å²) in [4.78, 5) is 37.9. The van der Waals surface area contributed by atoms with Crippen LogP contribution in [0.3, 0.4) is 0 Å². The highest BCUT2D eigenvalue weighted by Gasteiger charge is 2.73. The zero-order valence-corrected chi connectivity index (χ0v) is 14.5. The van der Waals surface area contributed by atoms with Crippen molar-refractivity contribution in [1.82, 2.24) is 20.2 Å². The lowest BCUT2D eigenvalue weighted by molar-refractivity contribution is -0.144. The van der Waals surface area contributed by atoms with Crippen molar-refractivity contribution in [2.24, 2.45) is 36.1 Å². The summed E-state index contributed by atoms with van der Waals surface area (Å²) >= 11 is 3.26. The predicted octanol–water partition coefficient (Wildman–Crippen LogP) is 1.02. The number of halogens is 1. The molecule has 124 valence electrons. The zero-order chi connectivity index (χ0) is 16.8. The molecule has 2 heterocycles. The fourth-order valence-electron chi connectivity index (χ4n) is 4.96. The number of amides is 3. The van der Waals surface area contributed by atoms with E-state index in [0.29, 0.717) is 4.47 Å². The highest BCUT2D eigenvalue weighted by Crippen LogP contribution is 2.73. The second-order valence-corrected chi connectivity index (χ2v) is 8.03. The van der Waals surface area contributed by atoms with Gasteiger partial charge in [-0.1, -0.05) is 12.2 Å². The van der Waals surface area contributed by atoms with E-state index in [1.165, 1.54) is 4.68 Å². The Kier molecular flexibility index (Phi) is 2.61. The van der Waals surface area contributed by atoms with Gasteiger partial charge in [-0.2, -0.15) is 10.1 Å². The van der Waals surface area contributed by atoms with Crippen molar-refractivity contribution >= 4 is 33.7 Å². The summed E-state index contributed by atoms with van der Waals surface area (Å²) < 4.78 is 2.00. The Labute approximate surface area is 146 Å². The van der Waals surface area contributed by atoms with Crippen LogP contribution in [0.1, 0.15) is 23.3 Å². The molecule has 2 saturated carbocycles. The van der Waals surface area contributed by atoms with Gasteiger partial charge in [0.05, 0.1) is 16.3 Å². The van der Waals surface area contributed by atoms with Gasteiger partial charge in [-0.05, 0) is 46.0 Å². The lowest BCUT2D eigenvalue weighted by atomic mass is 9.85. The van der Waals surface area contributed by atoms with Gasteiger partial charge in [0.15, 0.2) is 5.69 Å². The molecule has 7 nitrogen and oxygen atoms in total. The summed E-state index contributed by atoms with van der Waals surface area (Å²) in [6, 6.07) is 0. The Morgan fingerprint density at radius 2 is 1.83 bits per heavy atom. The van der Waals surface area contributed by atoms with E-state index < -0.39 is 5.91 Å². The normalized spacial score (nSPS) is 34.3. The van der Waals surface area contributed by atoms with Crippen LogP contribution in [-0.2, 0) is 16.6 Å². The summed E-state index contributed by atoms with van der Waals surface area (Å²) in [7, 11) is 1.69. The van der Waals surface area contributed by atoms with Crippen molar-refractivity contribution < 1.29 is 14.4 Å². The number of rotatable bonds is 2. The van der Waals surface area contributed by atoms with E-state index in [-0.39, 0.29) is 46.6 Å². The largest absolute Gasteiger partial charge is 0.291 e. The fourth-order valence-corrected chi connectivity index (χ4v) is 5.51. The van der Waals surface area contributed by atoms with Crippen molar-refractivity contribution in [2.75, 3.05) is 0 Å². The molecule has 5 rings (SSSR count). The minimum atomic E-state index is -0.564. The van der Waals surface area contributed by atoms with Gasteiger partial charge < -0.3 is 0 Å². The summed E-state index contributed by atoms with van der Waals surface area (Å²) in [5, 5.41) is 4.96. The number of imide groups is 1. The van der Waals surface area contributed by atoms with Gasteiger partial charge >= 0.3 is 0 Å². The fraction of sp³-hybridized carbons (Fsp3) is 0.500. The third kappa shape index (κ3) is 1.57. The minimum absolute atomic E-state index is 0.146. The van der Waals surface area contributed by atoms with Crippen LogP contribution in [-0.4, -0.2) is 32.5 Å². The number of fused-ring (bicyclic) bond motifs is 3. The molecule has 3 aliphatic carbocycles. The van der Waals surface area contributed by atoms with Gasteiger partial charge in [-0.25, -0.2) is 0 Å². The maximum Gasteiger partial charge on any atom is 0.291 e. The Morgan fingerprint density at radius 3 is 2.29 bits per heavy atom. The average molecular weight is 391 g/mol. The number of hydrogen-bond acceptors (Lipinski definition) is 4. The van der Waals surface area contributed by atoms with Crippen LogP contribution in [0, 0.1) is 29.1 Å². The second-order valence-electron chi connectivity index (χ2n) is 7.17. The number of carbonyl (C=O) groups is 3. The maximum absolute atomic E-state index is 12.8. The van der Waals surface area contributed by atoms with Crippen LogP contribution in [0.2, 0.25) is 0 Å². The van der Waals surface area contributed by atoms with Crippen LogP contribution in [0.15, 0.2) is 22.8 Å². The molecule has 1 N–H and O–H groups in total. The lowest BCUT2D eigenvalue weighted by Crippen LogP contribution is -2.48. The van der Waals surface area contributed by atoms with E-state index >= 15 is 0 Å². The van der Waals surface area contributed by atoms with E-state index in [2.05, 4.69) is 38.6 Å². The zero-order valence-electron chi connectivity index (χ0n) is 12.9. The summed E-state index contributed by atoms with van der Waals surface area (Å²) in [6.45, 7) is 0. The molecule has 24 heavy (non-hydrogen) atoms. The van der Waals surface area contributed by atoms with Crippen molar-refractivity contribution in [3.8, 4) is 0 Å². The molecule has 1 aromatic heterocycles. The number of nitrogens with zero attached hydrogens (tertiary/aromatic N) is 3. The SMILES string of the molecule is Cn1cc(Br)c(C(=O)NN2C(=O)[C@H]3[C@H](C2=O)[C@H]2C=C[C@H]3C23CC3)n1. The van der Waals surface area contributed by atoms with Crippen molar-refractivity contribution in [1.29, 1.82) is 0 Å². The topological polar surface area (TPSA) is 84.3 Å². The molecular formula is C16H15BrN4O3. The molecule has 0 aromatic carbocycles. The average Bonchev–Trinajstić information content (AvgIpc) is 2.99. The third-order valence-electron chi connectivity index (χ3n) is 6.07. The molecular weight excluding hydrogens is 376 g/mol. The van der Waals surface area contributed by atoms with Crippen LogP contribution < -0.4 is 5.43 Å². The number of nitrogens with one attached hydrogen (secondary N) is 1. The smallest absolute Gasteiger partial charge is 0.274 e. The van der Waals surface area contributed by atoms with Crippen molar-refractivity contribution in [3.05, 3.63) is 28.5 Å². The van der Waals surface area contributed by atoms with Gasteiger partial charge in [-0.15, -0.1) is 0 Å². The molecule has 0 unspecified atom stereocenters. The monoisotopic (exact) mass is 390 g/mol. The predicted molar refractivity (Wildman–Crippen MR) is 85.0 cm³/mol. The van der Waals surface area contributed by atoms with E-state index in [1.807, 2.05) is 0 Å². The first-order valence-corrected chi connectivity index (χ1v) is 8.79. The maximum atomic E-state index is 12.8. The summed E-state index contributed by atoms with van der Waals surface area (Å²) in [6.07, 6.45) is 8.03. The number of aromatic nitrogens is 2.